The summed E-state index contributed by atoms with van der Waals surface area (Å²) < 4.78 is 0.851. The van der Waals surface area contributed by atoms with Crippen molar-refractivity contribution in [2.75, 3.05) is 32.7 Å². The van der Waals surface area contributed by atoms with Crippen LogP contribution in [0.2, 0.25) is 4.34 Å². The summed E-state index contributed by atoms with van der Waals surface area (Å²) in [6.07, 6.45) is 1.02. The number of nitrogens with zero attached hydrogens (tertiary/aromatic N) is 2. The number of nitrogens with one attached hydrogen (secondary N) is 1. The molecule has 0 unspecified atom stereocenters. The van der Waals surface area contributed by atoms with Gasteiger partial charge in [0.15, 0.2) is 0 Å². The van der Waals surface area contributed by atoms with Crippen LogP contribution in [-0.4, -0.2) is 53.4 Å². The number of aromatic nitrogens is 1. The first-order valence-electron chi connectivity index (χ1n) is 9.36. The van der Waals surface area contributed by atoms with Crippen molar-refractivity contribution in [2.45, 2.75) is 20.3 Å². The quantitative estimate of drug-likeness (QED) is 0.699. The Labute approximate surface area is 168 Å². The molecule has 0 spiro atoms. The van der Waals surface area contributed by atoms with Crippen molar-refractivity contribution >= 4 is 39.7 Å². The van der Waals surface area contributed by atoms with Crippen LogP contribution in [-0.2, 0) is 6.42 Å². The van der Waals surface area contributed by atoms with E-state index in [9.17, 15) is 4.79 Å². The van der Waals surface area contributed by atoms with Gasteiger partial charge in [0.05, 0.1) is 15.4 Å². The van der Waals surface area contributed by atoms with E-state index < -0.39 is 0 Å². The molecular formula is C21H24ClN3OS. The number of fused-ring (bicyclic) bond motifs is 1. The number of hydrogen-bond acceptors (Lipinski definition) is 3. The molecule has 4 nitrogen and oxygen atoms in total. The smallest absolute Gasteiger partial charge is 0.256 e. The van der Waals surface area contributed by atoms with E-state index in [1.807, 2.05) is 23.1 Å². The second kappa shape index (κ2) is 7.66. The molecule has 1 aliphatic rings. The number of benzene rings is 1. The highest BCUT2D eigenvalue weighted by atomic mass is 35.5. The summed E-state index contributed by atoms with van der Waals surface area (Å²) in [5.74, 6) is 0.131. The zero-order valence-corrected chi connectivity index (χ0v) is 17.3. The summed E-state index contributed by atoms with van der Waals surface area (Å²) in [5, 5.41) is 1.14. The first-order valence-corrected chi connectivity index (χ1v) is 10.6. The summed E-state index contributed by atoms with van der Waals surface area (Å²) >= 11 is 7.66. The third-order valence-corrected chi connectivity index (χ3v) is 6.83. The minimum absolute atomic E-state index is 0.131. The first kappa shape index (κ1) is 18.5. The van der Waals surface area contributed by atoms with Crippen LogP contribution >= 0.6 is 22.9 Å². The second-order valence-corrected chi connectivity index (χ2v) is 8.99. The third kappa shape index (κ3) is 3.77. The van der Waals surface area contributed by atoms with E-state index in [1.54, 1.807) is 11.3 Å². The fraction of sp³-hybridized carbons (Fsp3) is 0.381. The monoisotopic (exact) mass is 401 g/mol. The number of carbonyl (C=O) groups is 1. The molecule has 3 aromatic rings. The molecule has 1 N–H and O–H groups in total. The van der Waals surface area contributed by atoms with E-state index in [2.05, 4.69) is 35.9 Å². The van der Waals surface area contributed by atoms with E-state index >= 15 is 0 Å². The Morgan fingerprint density at radius 2 is 1.93 bits per heavy atom. The molecule has 1 fully saturated rings. The number of piperazine rings is 1. The van der Waals surface area contributed by atoms with Crippen LogP contribution in [0.4, 0.5) is 0 Å². The Morgan fingerprint density at radius 3 is 2.63 bits per heavy atom. The number of hydrogen-bond donors (Lipinski definition) is 1. The summed E-state index contributed by atoms with van der Waals surface area (Å²) in [4.78, 5) is 22.2. The Balaban J connectivity index is 1.39. The number of thiophene rings is 1. The number of aryl methyl sites for hydroxylation is 2. The molecule has 1 saturated heterocycles. The highest BCUT2D eigenvalue weighted by Gasteiger charge is 2.24. The number of rotatable bonds is 4. The van der Waals surface area contributed by atoms with Crippen LogP contribution in [0.3, 0.4) is 0 Å². The van der Waals surface area contributed by atoms with E-state index in [0.29, 0.717) is 0 Å². The summed E-state index contributed by atoms with van der Waals surface area (Å²) in [6, 6.07) is 10.1. The van der Waals surface area contributed by atoms with Gasteiger partial charge in [-0.2, -0.15) is 0 Å². The Bertz CT molecular complexity index is 969. The molecule has 0 aliphatic carbocycles. The molecule has 4 rings (SSSR count). The van der Waals surface area contributed by atoms with Gasteiger partial charge in [-0.25, -0.2) is 0 Å². The maximum atomic E-state index is 13.1. The number of halogens is 1. The largest absolute Gasteiger partial charge is 0.358 e. The summed E-state index contributed by atoms with van der Waals surface area (Å²) in [7, 11) is 0. The average Bonchev–Trinajstić information content (AvgIpc) is 3.23. The number of para-hydroxylation sites is 1. The predicted octanol–water partition coefficient (Wildman–Crippen LogP) is 4.50. The molecule has 0 radical (unpaired) electrons. The van der Waals surface area contributed by atoms with Crippen molar-refractivity contribution in [3.05, 3.63) is 56.4 Å². The van der Waals surface area contributed by atoms with Gasteiger partial charge < -0.3 is 9.88 Å². The molecule has 0 bridgehead atoms. The third-order valence-electron chi connectivity index (χ3n) is 5.54. The van der Waals surface area contributed by atoms with Gasteiger partial charge in [-0.15, -0.1) is 11.3 Å². The first-order chi connectivity index (χ1) is 13.0. The minimum atomic E-state index is 0.131. The molecule has 0 saturated carbocycles. The maximum Gasteiger partial charge on any atom is 0.256 e. The molecule has 142 valence electrons. The lowest BCUT2D eigenvalue weighted by atomic mass is 10.1. The topological polar surface area (TPSA) is 39.3 Å². The molecule has 27 heavy (non-hydrogen) atoms. The molecular weight excluding hydrogens is 378 g/mol. The second-order valence-electron chi connectivity index (χ2n) is 7.19. The molecule has 2 aromatic heterocycles. The van der Waals surface area contributed by atoms with Crippen molar-refractivity contribution in [3.8, 4) is 0 Å². The van der Waals surface area contributed by atoms with Gasteiger partial charge in [-0.05, 0) is 44.0 Å². The Hall–Kier alpha value is -1.82. The standard InChI is InChI=1S/C21H24ClN3OS/c1-14-15(2)23-20-17(14)4-3-5-18(20)21(26)25-12-10-24(11-13-25)9-8-16-6-7-19(22)27-16/h3-7,23H,8-13H2,1-2H3. The lowest BCUT2D eigenvalue weighted by Crippen LogP contribution is -2.49. The molecule has 6 heteroatoms. The zero-order chi connectivity index (χ0) is 19.0. The van der Waals surface area contributed by atoms with E-state index in [0.717, 1.165) is 65.6 Å². The maximum absolute atomic E-state index is 13.1. The van der Waals surface area contributed by atoms with E-state index in [-0.39, 0.29) is 5.91 Å². The van der Waals surface area contributed by atoms with Crippen LogP contribution in [0.5, 0.6) is 0 Å². The Kier molecular flexibility index (Phi) is 5.26. The molecule has 1 aliphatic heterocycles. The highest BCUT2D eigenvalue weighted by molar-refractivity contribution is 7.16. The minimum Gasteiger partial charge on any atom is -0.358 e. The van der Waals surface area contributed by atoms with Gasteiger partial charge in [0.1, 0.15) is 0 Å². The van der Waals surface area contributed by atoms with Crippen molar-refractivity contribution in [1.82, 2.24) is 14.8 Å². The molecule has 1 aromatic carbocycles. The summed E-state index contributed by atoms with van der Waals surface area (Å²) in [5.41, 5.74) is 4.10. The van der Waals surface area contributed by atoms with Gasteiger partial charge in [-0.3, -0.25) is 9.69 Å². The molecule has 0 atom stereocenters. The van der Waals surface area contributed by atoms with Crippen LogP contribution in [0.1, 0.15) is 26.5 Å². The Morgan fingerprint density at radius 1 is 1.15 bits per heavy atom. The van der Waals surface area contributed by atoms with Gasteiger partial charge in [0, 0.05) is 48.7 Å². The molecule has 3 heterocycles. The number of aromatic amines is 1. The zero-order valence-electron chi connectivity index (χ0n) is 15.7. The number of carbonyl (C=O) groups excluding carboxylic acids is 1. The van der Waals surface area contributed by atoms with Gasteiger partial charge >= 0.3 is 0 Å². The van der Waals surface area contributed by atoms with Crippen LogP contribution in [0.25, 0.3) is 10.9 Å². The van der Waals surface area contributed by atoms with Crippen LogP contribution < -0.4 is 0 Å². The van der Waals surface area contributed by atoms with Crippen LogP contribution in [0, 0.1) is 13.8 Å². The fourth-order valence-corrected chi connectivity index (χ4v) is 4.84. The van der Waals surface area contributed by atoms with Crippen molar-refractivity contribution < 1.29 is 4.79 Å². The lowest BCUT2D eigenvalue weighted by molar-refractivity contribution is 0.0640. The number of H-pyrrole nitrogens is 1. The van der Waals surface area contributed by atoms with Gasteiger partial charge in [0.2, 0.25) is 0 Å². The average molecular weight is 402 g/mol. The molecule has 1 amide bonds. The lowest BCUT2D eigenvalue weighted by Gasteiger charge is -2.34. The number of amides is 1. The van der Waals surface area contributed by atoms with Gasteiger partial charge in [-0.1, -0.05) is 23.7 Å². The fourth-order valence-electron chi connectivity index (χ4n) is 3.76. The van der Waals surface area contributed by atoms with E-state index in [1.165, 1.54) is 10.4 Å². The van der Waals surface area contributed by atoms with Crippen LogP contribution in [0.15, 0.2) is 30.3 Å². The summed E-state index contributed by atoms with van der Waals surface area (Å²) in [6.45, 7) is 8.57. The van der Waals surface area contributed by atoms with Crippen molar-refractivity contribution in [2.24, 2.45) is 0 Å². The van der Waals surface area contributed by atoms with Crippen molar-refractivity contribution in [3.63, 3.8) is 0 Å². The highest BCUT2D eigenvalue weighted by Crippen LogP contribution is 2.26. The SMILES string of the molecule is Cc1[nH]c2c(C(=O)N3CCN(CCc4ccc(Cl)s4)CC3)cccc2c1C. The normalized spacial score (nSPS) is 15.6. The predicted molar refractivity (Wildman–Crippen MR) is 113 cm³/mol. The van der Waals surface area contributed by atoms with E-state index in [4.69, 9.17) is 11.6 Å². The van der Waals surface area contributed by atoms with Crippen molar-refractivity contribution in [1.29, 1.82) is 0 Å². The van der Waals surface area contributed by atoms with Gasteiger partial charge in [0.25, 0.3) is 5.91 Å².